The number of rotatable bonds is 21. The number of hydrogen-bond acceptors (Lipinski definition) is 9. The first-order valence-corrected chi connectivity index (χ1v) is 12.5. The van der Waals surface area contributed by atoms with E-state index in [-0.39, 0.29) is 57.5 Å². The number of primary amides is 2. The summed E-state index contributed by atoms with van der Waals surface area (Å²) in [5.74, 6) is -5.27. The molecule has 0 saturated carbocycles. The smallest absolute Gasteiger partial charge is 0.326 e. The summed E-state index contributed by atoms with van der Waals surface area (Å²) in [4.78, 5) is 76.3. The van der Waals surface area contributed by atoms with Crippen molar-refractivity contribution in [2.24, 2.45) is 39.4 Å². The lowest BCUT2D eigenvalue weighted by molar-refractivity contribution is -0.142. The second-order valence-corrected chi connectivity index (χ2v) is 8.87. The zero-order valence-electron chi connectivity index (χ0n) is 21.9. The molecule has 0 aliphatic carbocycles. The predicted molar refractivity (Wildman–Crippen MR) is 141 cm³/mol. The van der Waals surface area contributed by atoms with Crippen LogP contribution >= 0.6 is 0 Å². The molecule has 0 rings (SSSR count). The highest BCUT2D eigenvalue weighted by Crippen LogP contribution is 2.07. The van der Waals surface area contributed by atoms with Crippen molar-refractivity contribution in [3.63, 3.8) is 0 Å². The number of aliphatic imine (C=N–C) groups is 1. The van der Waals surface area contributed by atoms with E-state index >= 15 is 0 Å². The van der Waals surface area contributed by atoms with Crippen LogP contribution < -0.4 is 50.4 Å². The maximum absolute atomic E-state index is 13.1. The largest absolute Gasteiger partial charge is 0.480 e. The van der Waals surface area contributed by atoms with Crippen molar-refractivity contribution in [1.82, 2.24) is 16.0 Å². The van der Waals surface area contributed by atoms with Crippen LogP contribution in [0.15, 0.2) is 4.99 Å². The minimum Gasteiger partial charge on any atom is -0.480 e. The van der Waals surface area contributed by atoms with E-state index in [1.165, 1.54) is 0 Å². The Morgan fingerprint density at radius 1 is 0.667 bits per heavy atom. The van der Waals surface area contributed by atoms with Gasteiger partial charge in [0.2, 0.25) is 29.5 Å². The van der Waals surface area contributed by atoms with Crippen molar-refractivity contribution in [2.75, 3.05) is 13.1 Å². The van der Waals surface area contributed by atoms with Gasteiger partial charge in [0.25, 0.3) is 0 Å². The zero-order valence-corrected chi connectivity index (χ0v) is 21.9. The summed E-state index contributed by atoms with van der Waals surface area (Å²) in [5.41, 5.74) is 32.1. The van der Waals surface area contributed by atoms with E-state index in [2.05, 4.69) is 20.9 Å². The third kappa shape index (κ3) is 16.5. The molecule has 222 valence electrons. The van der Waals surface area contributed by atoms with Gasteiger partial charge < -0.3 is 55.5 Å². The standard InChI is InChI=1S/C22H42N10O7/c23-10-2-1-4-15(21(38)39)32-20(37)14(7-9-17(26)34)31-19(36)13(5-3-11-29-22(27)28)30-18(35)12(24)6-8-16(25)33/h12-15H,1-11,23-24H2,(H2,25,33)(H2,26,34)(H,30,35)(H,31,36)(H,32,37)(H,38,39)(H4,27,28,29). The number of carboxylic acid groups (broad SMARTS) is 1. The molecule has 0 heterocycles. The molecule has 0 aliphatic rings. The lowest BCUT2D eigenvalue weighted by Gasteiger charge is -2.25. The van der Waals surface area contributed by atoms with Gasteiger partial charge in [0.15, 0.2) is 5.96 Å². The van der Waals surface area contributed by atoms with E-state index in [1.54, 1.807) is 0 Å². The molecule has 4 atom stereocenters. The Bertz CT molecular complexity index is 879. The molecule has 0 aliphatic heterocycles. The minimum atomic E-state index is -1.35. The van der Waals surface area contributed by atoms with Crippen LogP contribution in [0.4, 0.5) is 0 Å². The maximum atomic E-state index is 13.1. The highest BCUT2D eigenvalue weighted by atomic mass is 16.4. The van der Waals surface area contributed by atoms with E-state index in [9.17, 15) is 33.9 Å². The second kappa shape index (κ2) is 19.1. The average Bonchev–Trinajstić information content (AvgIpc) is 2.85. The Morgan fingerprint density at radius 3 is 1.67 bits per heavy atom. The number of carbonyl (C=O) groups is 6. The van der Waals surface area contributed by atoms with Crippen molar-refractivity contribution >= 4 is 41.5 Å². The van der Waals surface area contributed by atoms with Crippen LogP contribution in [0.3, 0.4) is 0 Å². The fourth-order valence-corrected chi connectivity index (χ4v) is 3.33. The molecule has 0 radical (unpaired) electrons. The van der Waals surface area contributed by atoms with Gasteiger partial charge in [0.05, 0.1) is 6.04 Å². The van der Waals surface area contributed by atoms with E-state index in [0.717, 1.165) is 0 Å². The van der Waals surface area contributed by atoms with E-state index in [1.807, 2.05) is 0 Å². The van der Waals surface area contributed by atoms with Gasteiger partial charge in [-0.1, -0.05) is 0 Å². The van der Waals surface area contributed by atoms with Gasteiger partial charge in [0, 0.05) is 19.4 Å². The molecular weight excluding hydrogens is 516 g/mol. The molecule has 0 aromatic carbocycles. The van der Waals surface area contributed by atoms with Crippen LogP contribution in [0.5, 0.6) is 0 Å². The molecule has 0 fully saturated rings. The monoisotopic (exact) mass is 558 g/mol. The first-order valence-electron chi connectivity index (χ1n) is 12.5. The highest BCUT2D eigenvalue weighted by Gasteiger charge is 2.30. The van der Waals surface area contributed by atoms with Gasteiger partial charge in [-0.15, -0.1) is 0 Å². The zero-order chi connectivity index (χ0) is 30.0. The lowest BCUT2D eigenvalue weighted by atomic mass is 10.0. The third-order valence-electron chi connectivity index (χ3n) is 5.49. The van der Waals surface area contributed by atoms with E-state index in [0.29, 0.717) is 19.4 Å². The summed E-state index contributed by atoms with van der Waals surface area (Å²) >= 11 is 0. The van der Waals surface area contributed by atoms with Crippen LogP contribution in [0.1, 0.15) is 57.8 Å². The second-order valence-electron chi connectivity index (χ2n) is 8.87. The Hall–Kier alpha value is -3.99. The average molecular weight is 559 g/mol. The summed E-state index contributed by atoms with van der Waals surface area (Å²) in [6.07, 6.45) is 0.621. The van der Waals surface area contributed by atoms with Crippen LogP contribution in [-0.4, -0.2) is 83.8 Å². The molecular formula is C22H42N10O7. The van der Waals surface area contributed by atoms with Crippen LogP contribution in [0, 0.1) is 0 Å². The number of nitrogens with two attached hydrogens (primary N) is 6. The Morgan fingerprint density at radius 2 is 1.15 bits per heavy atom. The van der Waals surface area contributed by atoms with Gasteiger partial charge in [-0.3, -0.25) is 29.0 Å². The van der Waals surface area contributed by atoms with E-state index < -0.39 is 59.7 Å². The van der Waals surface area contributed by atoms with Crippen molar-refractivity contribution in [1.29, 1.82) is 0 Å². The molecule has 0 bridgehead atoms. The number of hydrogen-bond donors (Lipinski definition) is 10. The summed E-state index contributed by atoms with van der Waals surface area (Å²) in [6.45, 7) is 0.477. The maximum Gasteiger partial charge on any atom is 0.326 e. The number of nitrogens with one attached hydrogen (secondary N) is 3. The number of amides is 5. The van der Waals surface area contributed by atoms with Crippen LogP contribution in [0.2, 0.25) is 0 Å². The molecule has 16 N–H and O–H groups in total. The quantitative estimate of drug-likeness (QED) is 0.0364. The molecule has 0 aromatic heterocycles. The van der Waals surface area contributed by atoms with Crippen molar-refractivity contribution < 1.29 is 33.9 Å². The topological polar surface area (TPSA) is 327 Å². The SMILES string of the molecule is NCCCCC(NC(=O)C(CCC(N)=O)NC(=O)C(CCCN=C(N)N)NC(=O)C(N)CCC(N)=O)C(=O)O. The number of carboxylic acids is 1. The van der Waals surface area contributed by atoms with Crippen molar-refractivity contribution in [3.8, 4) is 0 Å². The summed E-state index contributed by atoms with van der Waals surface area (Å²) in [7, 11) is 0. The van der Waals surface area contributed by atoms with Gasteiger partial charge in [-0.05, 0) is 51.5 Å². The van der Waals surface area contributed by atoms with Gasteiger partial charge in [-0.25, -0.2) is 4.79 Å². The number of unbranched alkanes of at least 4 members (excludes halogenated alkanes) is 1. The molecule has 0 spiro atoms. The number of carbonyl (C=O) groups excluding carboxylic acids is 5. The third-order valence-corrected chi connectivity index (χ3v) is 5.49. The van der Waals surface area contributed by atoms with Crippen LogP contribution in [-0.2, 0) is 28.8 Å². The normalized spacial score (nSPS) is 13.7. The Kier molecular flexibility index (Phi) is 17.2. The molecule has 0 aromatic rings. The fraction of sp³-hybridized carbons (Fsp3) is 0.682. The number of guanidine groups is 1. The molecule has 17 nitrogen and oxygen atoms in total. The molecule has 4 unspecified atom stereocenters. The summed E-state index contributed by atoms with van der Waals surface area (Å²) < 4.78 is 0. The molecule has 17 heteroatoms. The Labute approximate surface area is 226 Å². The molecule has 0 saturated heterocycles. The molecule has 5 amide bonds. The fourth-order valence-electron chi connectivity index (χ4n) is 3.33. The van der Waals surface area contributed by atoms with Gasteiger partial charge >= 0.3 is 5.97 Å². The van der Waals surface area contributed by atoms with Gasteiger partial charge in [0.1, 0.15) is 18.1 Å². The van der Waals surface area contributed by atoms with Crippen molar-refractivity contribution in [3.05, 3.63) is 0 Å². The minimum absolute atomic E-state index is 0.0257. The van der Waals surface area contributed by atoms with Crippen molar-refractivity contribution in [2.45, 2.75) is 82.0 Å². The predicted octanol–water partition coefficient (Wildman–Crippen LogP) is -4.43. The first kappa shape index (κ1) is 35.0. The summed E-state index contributed by atoms with van der Waals surface area (Å²) in [5, 5.41) is 16.7. The van der Waals surface area contributed by atoms with Crippen LogP contribution in [0.25, 0.3) is 0 Å². The molecule has 39 heavy (non-hydrogen) atoms. The first-order chi connectivity index (χ1) is 18.3. The van der Waals surface area contributed by atoms with E-state index in [4.69, 9.17) is 34.4 Å². The number of aliphatic carboxylic acids is 1. The Balaban J connectivity index is 5.66. The number of nitrogens with zero attached hydrogens (tertiary/aromatic N) is 1. The summed E-state index contributed by atoms with van der Waals surface area (Å²) in [6, 6.07) is -4.96. The lowest BCUT2D eigenvalue weighted by Crippen LogP contribution is -2.57. The highest BCUT2D eigenvalue weighted by molar-refractivity contribution is 5.94. The van der Waals surface area contributed by atoms with Gasteiger partial charge in [-0.2, -0.15) is 0 Å².